The molecule has 0 saturated carbocycles. The van der Waals surface area contributed by atoms with E-state index in [1.54, 1.807) is 37.8 Å². The predicted octanol–water partition coefficient (Wildman–Crippen LogP) is 2.46. The van der Waals surface area contributed by atoms with Gasteiger partial charge in [-0.15, -0.1) is 0 Å². The summed E-state index contributed by atoms with van der Waals surface area (Å²) in [7, 11) is 1.56. The van der Waals surface area contributed by atoms with E-state index in [9.17, 15) is 4.79 Å². The molecule has 1 aliphatic heterocycles. The highest BCUT2D eigenvalue weighted by atomic mass is 16.5. The van der Waals surface area contributed by atoms with Gasteiger partial charge in [-0.1, -0.05) is 0 Å². The molecule has 1 atom stereocenters. The number of aromatic nitrogens is 2. The second-order valence-corrected chi connectivity index (χ2v) is 5.03. The van der Waals surface area contributed by atoms with E-state index in [2.05, 4.69) is 9.97 Å². The zero-order valence-electron chi connectivity index (χ0n) is 11.9. The van der Waals surface area contributed by atoms with Crippen molar-refractivity contribution < 1.29 is 9.53 Å². The Morgan fingerprint density at radius 2 is 2.10 bits per heavy atom. The molecule has 2 aromatic rings. The molecule has 3 heterocycles. The van der Waals surface area contributed by atoms with E-state index in [-0.39, 0.29) is 11.9 Å². The molecular formula is C16H17N3O2. The Morgan fingerprint density at radius 3 is 2.76 bits per heavy atom. The SMILES string of the molecule is COc1ccc(C(=O)N2CCCC2c2ccncc2)cn1. The van der Waals surface area contributed by atoms with Gasteiger partial charge in [-0.2, -0.15) is 0 Å². The molecule has 1 unspecified atom stereocenters. The molecule has 0 spiro atoms. The van der Waals surface area contributed by atoms with E-state index >= 15 is 0 Å². The van der Waals surface area contributed by atoms with Crippen LogP contribution >= 0.6 is 0 Å². The van der Waals surface area contributed by atoms with Gasteiger partial charge >= 0.3 is 0 Å². The fourth-order valence-corrected chi connectivity index (χ4v) is 2.74. The highest BCUT2D eigenvalue weighted by molar-refractivity contribution is 5.94. The van der Waals surface area contributed by atoms with Crippen molar-refractivity contribution in [1.29, 1.82) is 0 Å². The number of nitrogens with zero attached hydrogens (tertiary/aromatic N) is 3. The van der Waals surface area contributed by atoms with Gasteiger partial charge in [0.15, 0.2) is 0 Å². The van der Waals surface area contributed by atoms with Crippen LogP contribution in [0.3, 0.4) is 0 Å². The first kappa shape index (κ1) is 13.5. The number of methoxy groups -OCH3 is 1. The third-order valence-corrected chi connectivity index (χ3v) is 3.80. The Bertz CT molecular complexity index is 613. The second kappa shape index (κ2) is 5.91. The molecule has 108 valence electrons. The van der Waals surface area contributed by atoms with Gasteiger partial charge in [-0.05, 0) is 36.6 Å². The Labute approximate surface area is 123 Å². The Morgan fingerprint density at radius 1 is 1.29 bits per heavy atom. The third-order valence-electron chi connectivity index (χ3n) is 3.80. The fourth-order valence-electron chi connectivity index (χ4n) is 2.74. The van der Waals surface area contributed by atoms with Crippen molar-refractivity contribution in [3.8, 4) is 5.88 Å². The van der Waals surface area contributed by atoms with Crippen LogP contribution in [0.5, 0.6) is 5.88 Å². The highest BCUT2D eigenvalue weighted by Gasteiger charge is 2.30. The highest BCUT2D eigenvalue weighted by Crippen LogP contribution is 2.32. The van der Waals surface area contributed by atoms with Crippen LogP contribution in [-0.2, 0) is 0 Å². The molecule has 1 fully saturated rings. The molecule has 1 aliphatic rings. The minimum absolute atomic E-state index is 0.0180. The maximum absolute atomic E-state index is 12.7. The Balaban J connectivity index is 1.82. The molecule has 5 nitrogen and oxygen atoms in total. The summed E-state index contributed by atoms with van der Waals surface area (Å²) in [5, 5.41) is 0. The average Bonchev–Trinajstić information content (AvgIpc) is 3.04. The van der Waals surface area contributed by atoms with E-state index in [4.69, 9.17) is 4.74 Å². The first-order valence-corrected chi connectivity index (χ1v) is 7.00. The van der Waals surface area contributed by atoms with Gasteiger partial charge in [0.2, 0.25) is 5.88 Å². The van der Waals surface area contributed by atoms with Gasteiger partial charge < -0.3 is 9.64 Å². The summed E-state index contributed by atoms with van der Waals surface area (Å²) in [5.41, 5.74) is 1.73. The van der Waals surface area contributed by atoms with Gasteiger partial charge in [-0.25, -0.2) is 4.98 Å². The summed E-state index contributed by atoms with van der Waals surface area (Å²) in [5.74, 6) is 0.531. The molecular weight excluding hydrogens is 266 g/mol. The monoisotopic (exact) mass is 283 g/mol. The number of carbonyl (C=O) groups excluding carboxylic acids is 1. The number of amides is 1. The lowest BCUT2D eigenvalue weighted by Crippen LogP contribution is -2.30. The minimum Gasteiger partial charge on any atom is -0.481 e. The normalized spacial score (nSPS) is 17.8. The molecule has 0 aromatic carbocycles. The van der Waals surface area contributed by atoms with Crippen LogP contribution in [0, 0.1) is 0 Å². The van der Waals surface area contributed by atoms with Crippen molar-refractivity contribution in [2.45, 2.75) is 18.9 Å². The Hall–Kier alpha value is -2.43. The maximum atomic E-state index is 12.7. The number of rotatable bonds is 3. The van der Waals surface area contributed by atoms with Crippen LogP contribution in [0.1, 0.15) is 34.8 Å². The van der Waals surface area contributed by atoms with E-state index in [0.29, 0.717) is 11.4 Å². The number of hydrogen-bond donors (Lipinski definition) is 0. The zero-order chi connectivity index (χ0) is 14.7. The van der Waals surface area contributed by atoms with Crippen LogP contribution in [0.25, 0.3) is 0 Å². The smallest absolute Gasteiger partial charge is 0.255 e. The number of ether oxygens (including phenoxy) is 1. The molecule has 5 heteroatoms. The lowest BCUT2D eigenvalue weighted by molar-refractivity contribution is 0.0735. The fraction of sp³-hybridized carbons (Fsp3) is 0.312. The number of hydrogen-bond acceptors (Lipinski definition) is 4. The first-order chi connectivity index (χ1) is 10.3. The standard InChI is InChI=1S/C16H17N3O2/c1-21-15-5-4-13(11-18-15)16(20)19-10-2-3-14(19)12-6-8-17-9-7-12/h4-9,11,14H,2-3,10H2,1H3. The van der Waals surface area contributed by atoms with Crippen molar-refractivity contribution >= 4 is 5.91 Å². The number of likely N-dealkylation sites (tertiary alicyclic amines) is 1. The topological polar surface area (TPSA) is 55.3 Å². The largest absolute Gasteiger partial charge is 0.481 e. The van der Waals surface area contributed by atoms with Crippen LogP contribution < -0.4 is 4.74 Å². The minimum atomic E-state index is 0.0180. The number of pyridine rings is 2. The Kier molecular flexibility index (Phi) is 3.81. The van der Waals surface area contributed by atoms with Crippen molar-refractivity contribution in [3.05, 3.63) is 54.0 Å². The summed E-state index contributed by atoms with van der Waals surface area (Å²) in [6, 6.07) is 7.55. The summed E-state index contributed by atoms with van der Waals surface area (Å²) in [6.45, 7) is 0.776. The second-order valence-electron chi connectivity index (χ2n) is 5.03. The van der Waals surface area contributed by atoms with Gasteiger partial charge in [0.25, 0.3) is 5.91 Å². The van der Waals surface area contributed by atoms with Crippen molar-refractivity contribution in [2.24, 2.45) is 0 Å². The molecule has 0 aliphatic carbocycles. The molecule has 0 bridgehead atoms. The van der Waals surface area contributed by atoms with Crippen LogP contribution in [0.4, 0.5) is 0 Å². The third kappa shape index (κ3) is 2.72. The lowest BCUT2D eigenvalue weighted by Gasteiger charge is -2.25. The van der Waals surface area contributed by atoms with Crippen molar-refractivity contribution in [2.75, 3.05) is 13.7 Å². The van der Waals surface area contributed by atoms with Gasteiger partial charge in [0.05, 0.1) is 18.7 Å². The average molecular weight is 283 g/mol. The zero-order valence-corrected chi connectivity index (χ0v) is 11.9. The molecule has 1 amide bonds. The lowest BCUT2D eigenvalue weighted by atomic mass is 10.1. The summed E-state index contributed by atoms with van der Waals surface area (Å²) >= 11 is 0. The van der Waals surface area contributed by atoms with Gasteiger partial charge in [-0.3, -0.25) is 9.78 Å². The van der Waals surface area contributed by atoms with Crippen LogP contribution in [0.2, 0.25) is 0 Å². The van der Waals surface area contributed by atoms with Crippen molar-refractivity contribution in [1.82, 2.24) is 14.9 Å². The number of carbonyl (C=O) groups is 1. The molecule has 1 saturated heterocycles. The van der Waals surface area contributed by atoms with E-state index in [1.165, 1.54) is 0 Å². The predicted molar refractivity (Wildman–Crippen MR) is 78.0 cm³/mol. The van der Waals surface area contributed by atoms with Gasteiger partial charge in [0.1, 0.15) is 0 Å². The summed E-state index contributed by atoms with van der Waals surface area (Å²) < 4.78 is 5.02. The maximum Gasteiger partial charge on any atom is 0.255 e. The van der Waals surface area contributed by atoms with E-state index in [1.807, 2.05) is 17.0 Å². The molecule has 0 N–H and O–H groups in total. The van der Waals surface area contributed by atoms with Crippen molar-refractivity contribution in [3.63, 3.8) is 0 Å². The summed E-state index contributed by atoms with van der Waals surface area (Å²) in [4.78, 5) is 22.7. The van der Waals surface area contributed by atoms with E-state index in [0.717, 1.165) is 24.9 Å². The molecule has 2 aromatic heterocycles. The van der Waals surface area contributed by atoms with Gasteiger partial charge in [0, 0.05) is 31.2 Å². The van der Waals surface area contributed by atoms with Crippen LogP contribution in [-0.4, -0.2) is 34.4 Å². The quantitative estimate of drug-likeness (QED) is 0.868. The molecule has 0 radical (unpaired) electrons. The van der Waals surface area contributed by atoms with Crippen LogP contribution in [0.15, 0.2) is 42.9 Å². The molecule has 21 heavy (non-hydrogen) atoms. The van der Waals surface area contributed by atoms with E-state index < -0.39 is 0 Å². The first-order valence-electron chi connectivity index (χ1n) is 7.00. The summed E-state index contributed by atoms with van der Waals surface area (Å²) in [6.07, 6.45) is 7.11. The molecule has 3 rings (SSSR count).